The lowest BCUT2D eigenvalue weighted by Gasteiger charge is -2.08. The summed E-state index contributed by atoms with van der Waals surface area (Å²) in [6.07, 6.45) is 0. The zero-order valence-corrected chi connectivity index (χ0v) is 11.6. The van der Waals surface area contributed by atoms with E-state index in [2.05, 4.69) is 4.74 Å². The highest BCUT2D eigenvalue weighted by Crippen LogP contribution is 2.25. The number of hydrogen-bond acceptors (Lipinski definition) is 2. The van der Waals surface area contributed by atoms with Crippen molar-refractivity contribution in [3.05, 3.63) is 63.9 Å². The van der Waals surface area contributed by atoms with Gasteiger partial charge in [0.05, 0.1) is 5.02 Å². The molecule has 0 amide bonds. The highest BCUT2D eigenvalue weighted by molar-refractivity contribution is 6.35. The van der Waals surface area contributed by atoms with Crippen LogP contribution in [0.1, 0.15) is 21.5 Å². The normalized spacial score (nSPS) is 10.8. The minimum Gasteiger partial charge on any atom is -0.435 e. The van der Waals surface area contributed by atoms with E-state index in [1.54, 1.807) is 0 Å². The zero-order valence-electron chi connectivity index (χ0n) is 10.9. The maximum atomic E-state index is 13.3. The molecule has 21 heavy (non-hydrogen) atoms. The SMILES string of the molecule is Cc1cc(C(=O)c2cccc(OC(F)F)c2)c(Cl)cc1F. The van der Waals surface area contributed by atoms with Gasteiger partial charge in [-0.05, 0) is 36.8 Å². The molecular formula is C15H10ClF3O2. The van der Waals surface area contributed by atoms with Gasteiger partial charge in [-0.3, -0.25) is 4.79 Å². The van der Waals surface area contributed by atoms with E-state index in [4.69, 9.17) is 11.6 Å². The quantitative estimate of drug-likeness (QED) is 0.770. The minimum absolute atomic E-state index is 0.0386. The second-order valence-corrected chi connectivity index (χ2v) is 4.72. The van der Waals surface area contributed by atoms with Gasteiger partial charge < -0.3 is 4.74 Å². The molecule has 2 aromatic carbocycles. The third kappa shape index (κ3) is 3.55. The Hall–Kier alpha value is -2.01. The number of rotatable bonds is 4. The number of aryl methyl sites for hydroxylation is 1. The molecule has 0 bridgehead atoms. The van der Waals surface area contributed by atoms with Crippen LogP contribution in [0.4, 0.5) is 13.2 Å². The number of hydrogen-bond donors (Lipinski definition) is 0. The summed E-state index contributed by atoms with van der Waals surface area (Å²) >= 11 is 5.86. The van der Waals surface area contributed by atoms with E-state index in [0.29, 0.717) is 0 Å². The van der Waals surface area contributed by atoms with Crippen LogP contribution in [0.15, 0.2) is 36.4 Å². The summed E-state index contributed by atoms with van der Waals surface area (Å²) in [7, 11) is 0. The van der Waals surface area contributed by atoms with Gasteiger partial charge in [0, 0.05) is 11.1 Å². The number of ketones is 1. The fraction of sp³-hybridized carbons (Fsp3) is 0.133. The molecule has 0 aliphatic carbocycles. The summed E-state index contributed by atoms with van der Waals surface area (Å²) in [5.74, 6) is -1.15. The standard InChI is InChI=1S/C15H10ClF3O2/c1-8-5-11(12(16)7-13(8)17)14(20)9-3-2-4-10(6-9)21-15(18)19/h2-7,15H,1H3. The molecule has 0 spiro atoms. The second-order valence-electron chi connectivity index (χ2n) is 4.32. The van der Waals surface area contributed by atoms with Crippen molar-refractivity contribution in [2.24, 2.45) is 0 Å². The Bertz CT molecular complexity index is 687. The number of carbonyl (C=O) groups excluding carboxylic acids is 1. The Kier molecular flexibility index (Phi) is 4.53. The smallest absolute Gasteiger partial charge is 0.387 e. The highest BCUT2D eigenvalue weighted by Gasteiger charge is 2.16. The summed E-state index contributed by atoms with van der Waals surface area (Å²) < 4.78 is 41.9. The van der Waals surface area contributed by atoms with Crippen LogP contribution < -0.4 is 4.74 Å². The van der Waals surface area contributed by atoms with E-state index in [-0.39, 0.29) is 27.5 Å². The van der Waals surface area contributed by atoms with Crippen LogP contribution in [0.5, 0.6) is 5.75 Å². The lowest BCUT2D eigenvalue weighted by atomic mass is 10.0. The summed E-state index contributed by atoms with van der Waals surface area (Å²) in [6.45, 7) is -1.48. The van der Waals surface area contributed by atoms with E-state index in [1.165, 1.54) is 37.3 Å². The molecule has 6 heteroatoms. The Morgan fingerprint density at radius 3 is 2.62 bits per heavy atom. The number of alkyl halides is 2. The highest BCUT2D eigenvalue weighted by atomic mass is 35.5. The molecular weight excluding hydrogens is 305 g/mol. The number of benzene rings is 2. The molecule has 110 valence electrons. The van der Waals surface area contributed by atoms with Gasteiger partial charge in [0.25, 0.3) is 0 Å². The van der Waals surface area contributed by atoms with Crippen molar-refractivity contribution in [2.75, 3.05) is 0 Å². The van der Waals surface area contributed by atoms with E-state index in [1.807, 2.05) is 0 Å². The lowest BCUT2D eigenvalue weighted by molar-refractivity contribution is -0.0498. The van der Waals surface area contributed by atoms with Gasteiger partial charge in [0.2, 0.25) is 0 Å². The van der Waals surface area contributed by atoms with Gasteiger partial charge in [-0.1, -0.05) is 23.7 Å². The zero-order chi connectivity index (χ0) is 15.6. The molecule has 0 heterocycles. The first-order chi connectivity index (χ1) is 9.88. The maximum absolute atomic E-state index is 13.3. The van der Waals surface area contributed by atoms with Crippen molar-refractivity contribution in [3.63, 3.8) is 0 Å². The molecule has 0 radical (unpaired) electrons. The summed E-state index contributed by atoms with van der Waals surface area (Å²) in [5.41, 5.74) is 0.494. The monoisotopic (exact) mass is 314 g/mol. The van der Waals surface area contributed by atoms with Gasteiger partial charge in [-0.15, -0.1) is 0 Å². The molecule has 2 aromatic rings. The van der Waals surface area contributed by atoms with E-state index >= 15 is 0 Å². The molecule has 0 atom stereocenters. The van der Waals surface area contributed by atoms with E-state index in [0.717, 1.165) is 6.07 Å². The van der Waals surface area contributed by atoms with Crippen LogP contribution in [-0.2, 0) is 0 Å². The number of halogens is 4. The summed E-state index contributed by atoms with van der Waals surface area (Å²) in [6, 6.07) is 7.71. The van der Waals surface area contributed by atoms with Crippen LogP contribution in [0.3, 0.4) is 0 Å². The molecule has 0 fully saturated rings. The Morgan fingerprint density at radius 2 is 1.95 bits per heavy atom. The first-order valence-corrected chi connectivity index (χ1v) is 6.31. The minimum atomic E-state index is -2.98. The van der Waals surface area contributed by atoms with Crippen molar-refractivity contribution in [2.45, 2.75) is 13.5 Å². The summed E-state index contributed by atoms with van der Waals surface area (Å²) in [5, 5.41) is -0.0386. The van der Waals surface area contributed by atoms with Gasteiger partial charge in [-0.2, -0.15) is 8.78 Å². The molecule has 0 aliphatic heterocycles. The second kappa shape index (κ2) is 6.18. The average molecular weight is 315 g/mol. The van der Waals surface area contributed by atoms with Crippen molar-refractivity contribution in [1.82, 2.24) is 0 Å². The van der Waals surface area contributed by atoms with Crippen LogP contribution in [0.2, 0.25) is 5.02 Å². The summed E-state index contributed by atoms with van der Waals surface area (Å²) in [4.78, 5) is 12.3. The van der Waals surface area contributed by atoms with Crippen molar-refractivity contribution >= 4 is 17.4 Å². The largest absolute Gasteiger partial charge is 0.435 e. The topological polar surface area (TPSA) is 26.3 Å². The third-order valence-corrected chi connectivity index (χ3v) is 3.13. The average Bonchev–Trinajstić information content (AvgIpc) is 2.41. The van der Waals surface area contributed by atoms with Gasteiger partial charge in [0.1, 0.15) is 11.6 Å². The van der Waals surface area contributed by atoms with Gasteiger partial charge in [0.15, 0.2) is 5.78 Å². The van der Waals surface area contributed by atoms with Crippen LogP contribution in [-0.4, -0.2) is 12.4 Å². The number of carbonyl (C=O) groups is 1. The Labute approximate surface area is 124 Å². The van der Waals surface area contributed by atoms with Crippen LogP contribution in [0.25, 0.3) is 0 Å². The number of ether oxygens (including phenoxy) is 1. The fourth-order valence-electron chi connectivity index (χ4n) is 1.80. The van der Waals surface area contributed by atoms with Crippen molar-refractivity contribution < 1.29 is 22.7 Å². The molecule has 2 nitrogen and oxygen atoms in total. The Balaban J connectivity index is 2.38. The maximum Gasteiger partial charge on any atom is 0.387 e. The Morgan fingerprint density at radius 1 is 1.24 bits per heavy atom. The molecule has 0 aliphatic rings. The lowest BCUT2D eigenvalue weighted by Crippen LogP contribution is -2.06. The third-order valence-electron chi connectivity index (χ3n) is 2.81. The van der Waals surface area contributed by atoms with E-state index < -0.39 is 18.2 Å². The first-order valence-electron chi connectivity index (χ1n) is 5.93. The fourth-order valence-corrected chi connectivity index (χ4v) is 2.04. The first kappa shape index (κ1) is 15.4. The molecule has 0 saturated carbocycles. The van der Waals surface area contributed by atoms with Gasteiger partial charge >= 0.3 is 6.61 Å². The molecule has 0 aromatic heterocycles. The predicted molar refractivity (Wildman–Crippen MR) is 72.7 cm³/mol. The van der Waals surface area contributed by atoms with Crippen LogP contribution >= 0.6 is 11.6 Å². The van der Waals surface area contributed by atoms with Crippen molar-refractivity contribution in [1.29, 1.82) is 0 Å². The molecule has 0 N–H and O–H groups in total. The predicted octanol–water partition coefficient (Wildman–Crippen LogP) is 4.62. The van der Waals surface area contributed by atoms with Gasteiger partial charge in [-0.25, -0.2) is 4.39 Å². The van der Waals surface area contributed by atoms with E-state index in [9.17, 15) is 18.0 Å². The van der Waals surface area contributed by atoms with Crippen LogP contribution in [0, 0.1) is 12.7 Å². The molecule has 0 saturated heterocycles. The van der Waals surface area contributed by atoms with Crippen molar-refractivity contribution in [3.8, 4) is 5.75 Å². The molecule has 2 rings (SSSR count). The molecule has 0 unspecified atom stereocenters.